The first kappa shape index (κ1) is 61.9. The lowest BCUT2D eigenvalue weighted by Crippen LogP contribution is -2.60. The molecule has 0 radical (unpaired) electrons. The molecule has 1 aliphatic rings. The quantitative estimate of drug-likeness (QED) is 0.0261. The van der Waals surface area contributed by atoms with Crippen molar-refractivity contribution >= 4 is 5.91 Å². The highest BCUT2D eigenvalue weighted by atomic mass is 16.7. The highest BCUT2D eigenvalue weighted by Gasteiger charge is 2.44. The van der Waals surface area contributed by atoms with Crippen LogP contribution in [0.15, 0.2) is 12.2 Å². The summed E-state index contributed by atoms with van der Waals surface area (Å²) in [6.07, 6.45) is 50.0. The van der Waals surface area contributed by atoms with Crippen molar-refractivity contribution in [2.24, 2.45) is 0 Å². The van der Waals surface area contributed by atoms with Crippen LogP contribution in [0.2, 0.25) is 0 Å². The van der Waals surface area contributed by atoms with Gasteiger partial charge in [-0.1, -0.05) is 270 Å². The Hall–Kier alpha value is -1.07. The van der Waals surface area contributed by atoms with Crippen LogP contribution in [0.25, 0.3) is 0 Å². The van der Waals surface area contributed by atoms with Crippen LogP contribution in [-0.2, 0) is 14.3 Å². The van der Waals surface area contributed by atoms with Crippen molar-refractivity contribution in [3.8, 4) is 0 Å². The number of aliphatic hydroxyl groups excluding tert-OH is 5. The number of nitrogens with one attached hydrogen (secondary N) is 1. The first-order valence-electron chi connectivity index (χ1n) is 28.4. The average molecular weight is 924 g/mol. The number of unbranched alkanes of at least 4 members (excludes halogenated alkanes) is 39. The molecule has 1 amide bonds. The van der Waals surface area contributed by atoms with Gasteiger partial charge in [0.15, 0.2) is 6.29 Å². The summed E-state index contributed by atoms with van der Waals surface area (Å²) in [5, 5.41) is 54.4. The van der Waals surface area contributed by atoms with E-state index in [9.17, 15) is 30.3 Å². The van der Waals surface area contributed by atoms with Crippen LogP contribution in [-0.4, -0.2) is 87.5 Å². The molecule has 0 saturated carbocycles. The Balaban J connectivity index is 2.18. The van der Waals surface area contributed by atoms with Gasteiger partial charge in [0, 0.05) is 6.42 Å². The van der Waals surface area contributed by atoms with E-state index in [2.05, 4.69) is 19.2 Å². The van der Waals surface area contributed by atoms with Crippen LogP contribution in [0.5, 0.6) is 0 Å². The van der Waals surface area contributed by atoms with E-state index in [-0.39, 0.29) is 12.5 Å². The van der Waals surface area contributed by atoms with E-state index in [0.29, 0.717) is 6.42 Å². The summed E-state index contributed by atoms with van der Waals surface area (Å²) in [6, 6.07) is -0.799. The number of ether oxygens (including phenoxy) is 2. The second-order valence-corrected chi connectivity index (χ2v) is 20.1. The molecule has 7 atom stereocenters. The fraction of sp³-hybridized carbons (Fsp3) is 0.946. The maximum atomic E-state index is 13.0. The van der Waals surface area contributed by atoms with Gasteiger partial charge in [-0.3, -0.25) is 4.79 Å². The van der Waals surface area contributed by atoms with Gasteiger partial charge in [0.1, 0.15) is 24.4 Å². The number of hydrogen-bond donors (Lipinski definition) is 6. The van der Waals surface area contributed by atoms with E-state index in [1.165, 1.54) is 225 Å². The Labute approximate surface area is 401 Å². The van der Waals surface area contributed by atoms with Gasteiger partial charge in [-0.05, 0) is 19.3 Å². The van der Waals surface area contributed by atoms with Crippen molar-refractivity contribution < 1.29 is 39.8 Å². The highest BCUT2D eigenvalue weighted by molar-refractivity contribution is 5.76. The number of allylic oxidation sites excluding steroid dienone is 1. The maximum absolute atomic E-state index is 13.0. The summed E-state index contributed by atoms with van der Waals surface area (Å²) >= 11 is 0. The third-order valence-corrected chi connectivity index (χ3v) is 13.9. The Morgan fingerprint density at radius 2 is 0.846 bits per heavy atom. The summed E-state index contributed by atoms with van der Waals surface area (Å²) in [4.78, 5) is 13.0. The van der Waals surface area contributed by atoms with E-state index in [1.807, 2.05) is 6.08 Å². The topological polar surface area (TPSA) is 149 Å². The zero-order valence-corrected chi connectivity index (χ0v) is 42.8. The van der Waals surface area contributed by atoms with Gasteiger partial charge < -0.3 is 40.3 Å². The van der Waals surface area contributed by atoms with Gasteiger partial charge >= 0.3 is 0 Å². The van der Waals surface area contributed by atoms with Crippen LogP contribution in [0.3, 0.4) is 0 Å². The molecule has 0 aromatic heterocycles. The van der Waals surface area contributed by atoms with Crippen molar-refractivity contribution in [1.29, 1.82) is 0 Å². The molecule has 1 saturated heterocycles. The summed E-state index contributed by atoms with van der Waals surface area (Å²) < 4.78 is 11.3. The minimum absolute atomic E-state index is 0.172. The summed E-state index contributed by atoms with van der Waals surface area (Å²) in [7, 11) is 0. The van der Waals surface area contributed by atoms with Crippen molar-refractivity contribution in [2.45, 2.75) is 326 Å². The molecule has 1 fully saturated rings. The molecule has 0 aromatic rings. The van der Waals surface area contributed by atoms with Crippen LogP contribution in [0, 0.1) is 0 Å². The van der Waals surface area contributed by atoms with Crippen LogP contribution >= 0.6 is 0 Å². The smallest absolute Gasteiger partial charge is 0.220 e. The van der Waals surface area contributed by atoms with Gasteiger partial charge in [0.2, 0.25) is 5.91 Å². The minimum Gasteiger partial charge on any atom is -0.394 e. The molecule has 9 nitrogen and oxygen atoms in total. The predicted octanol–water partition coefficient (Wildman–Crippen LogP) is 13.6. The third kappa shape index (κ3) is 36.6. The monoisotopic (exact) mass is 924 g/mol. The molecular weight excluding hydrogens is 815 g/mol. The molecule has 1 aliphatic heterocycles. The number of aliphatic hydroxyl groups is 5. The molecule has 386 valence electrons. The molecular formula is C56H109NO8. The third-order valence-electron chi connectivity index (χ3n) is 13.9. The number of carbonyl (C=O) groups excluding carboxylic acids is 1. The first-order valence-corrected chi connectivity index (χ1v) is 28.4. The van der Waals surface area contributed by atoms with Crippen molar-refractivity contribution in [2.75, 3.05) is 13.2 Å². The van der Waals surface area contributed by atoms with E-state index in [4.69, 9.17) is 9.47 Å². The molecule has 7 unspecified atom stereocenters. The first-order chi connectivity index (χ1) is 31.8. The number of carbonyl (C=O) groups is 1. The van der Waals surface area contributed by atoms with Crippen molar-refractivity contribution in [3.05, 3.63) is 12.2 Å². The zero-order chi connectivity index (χ0) is 47.3. The molecule has 65 heavy (non-hydrogen) atoms. The lowest BCUT2D eigenvalue weighted by molar-refractivity contribution is -0.302. The minimum atomic E-state index is -1.56. The lowest BCUT2D eigenvalue weighted by atomic mass is 9.99. The van der Waals surface area contributed by atoms with Gasteiger partial charge in [-0.15, -0.1) is 0 Å². The highest BCUT2D eigenvalue weighted by Crippen LogP contribution is 2.23. The van der Waals surface area contributed by atoms with Gasteiger partial charge in [-0.25, -0.2) is 0 Å². The second-order valence-electron chi connectivity index (χ2n) is 20.1. The molecule has 1 rings (SSSR count). The molecule has 9 heteroatoms. The lowest BCUT2D eigenvalue weighted by Gasteiger charge is -2.40. The standard InChI is InChI=1S/C56H109NO8/c1-3-5-7-9-11-13-15-17-19-20-21-22-23-24-25-26-27-28-29-30-31-32-33-35-37-39-41-43-45-50(59)49(48-64-56-55(63)54(62)53(61)51(47-58)65-56)57-52(60)46-44-42-40-38-36-34-18-16-14-12-10-8-6-4-2/h43,45,49-51,53-56,58-59,61-63H,3-42,44,46-48H2,1-2H3,(H,57,60)/b45-43+. The zero-order valence-electron chi connectivity index (χ0n) is 42.8. The van der Waals surface area contributed by atoms with E-state index < -0.39 is 49.5 Å². The average Bonchev–Trinajstić information content (AvgIpc) is 3.31. The van der Waals surface area contributed by atoms with Gasteiger partial charge in [-0.2, -0.15) is 0 Å². The number of hydrogen-bond acceptors (Lipinski definition) is 8. The fourth-order valence-corrected chi connectivity index (χ4v) is 9.34. The van der Waals surface area contributed by atoms with Crippen LogP contribution in [0.1, 0.15) is 284 Å². The molecule has 0 bridgehead atoms. The second kappa shape index (κ2) is 46.6. The molecule has 0 aromatic carbocycles. The molecule has 0 aliphatic carbocycles. The largest absolute Gasteiger partial charge is 0.394 e. The van der Waals surface area contributed by atoms with Gasteiger partial charge in [0.25, 0.3) is 0 Å². The molecule has 1 heterocycles. The Kier molecular flexibility index (Phi) is 44.5. The van der Waals surface area contributed by atoms with Gasteiger partial charge in [0.05, 0.1) is 25.4 Å². The van der Waals surface area contributed by atoms with E-state index in [0.717, 1.165) is 38.5 Å². The summed E-state index contributed by atoms with van der Waals surface area (Å²) in [5.74, 6) is -0.172. The SMILES string of the molecule is CCCCCCCCCCCCCCCCCCCCCCCCCCCC/C=C/C(O)C(COC1OC(CO)C(O)C(O)C1O)NC(=O)CCCCCCCCCCCCCCCC. The molecule has 0 spiro atoms. The number of rotatable bonds is 49. The summed E-state index contributed by atoms with van der Waals surface area (Å²) in [5.41, 5.74) is 0. The fourth-order valence-electron chi connectivity index (χ4n) is 9.34. The Bertz CT molecular complexity index is 1030. The van der Waals surface area contributed by atoms with E-state index >= 15 is 0 Å². The van der Waals surface area contributed by atoms with Crippen molar-refractivity contribution in [1.82, 2.24) is 5.32 Å². The predicted molar refractivity (Wildman–Crippen MR) is 272 cm³/mol. The Morgan fingerprint density at radius 3 is 1.20 bits per heavy atom. The Morgan fingerprint density at radius 1 is 0.508 bits per heavy atom. The normalized spacial score (nSPS) is 19.9. The van der Waals surface area contributed by atoms with Crippen molar-refractivity contribution in [3.63, 3.8) is 0 Å². The summed E-state index contributed by atoms with van der Waals surface area (Å²) in [6.45, 7) is 3.81. The van der Waals surface area contributed by atoms with Crippen LogP contribution in [0.4, 0.5) is 0 Å². The number of amides is 1. The maximum Gasteiger partial charge on any atom is 0.220 e. The van der Waals surface area contributed by atoms with E-state index in [1.54, 1.807) is 6.08 Å². The molecule has 6 N–H and O–H groups in total. The van der Waals surface area contributed by atoms with Crippen LogP contribution < -0.4 is 5.32 Å².